The summed E-state index contributed by atoms with van der Waals surface area (Å²) in [7, 11) is 1.53. The molecule has 0 aliphatic rings. The molecule has 5 nitrogen and oxygen atoms in total. The summed E-state index contributed by atoms with van der Waals surface area (Å²) < 4.78 is 6.06. The number of carbonyl (C=O) groups excluding carboxylic acids is 1. The first-order chi connectivity index (χ1) is 10.1. The molecule has 0 saturated carbocycles. The lowest BCUT2D eigenvalue weighted by Gasteiger charge is -2.10. The second-order valence-corrected chi connectivity index (χ2v) is 5.91. The number of aromatic nitrogens is 1. The quantitative estimate of drug-likeness (QED) is 0.626. The molecule has 7 heteroatoms. The van der Waals surface area contributed by atoms with Crippen molar-refractivity contribution >= 4 is 45.0 Å². The van der Waals surface area contributed by atoms with Crippen LogP contribution in [0.3, 0.4) is 0 Å². The maximum absolute atomic E-state index is 12.0. The van der Waals surface area contributed by atoms with E-state index in [0.29, 0.717) is 17.1 Å². The second-order valence-electron chi connectivity index (χ2n) is 4.09. The van der Waals surface area contributed by atoms with Crippen molar-refractivity contribution in [2.75, 3.05) is 23.9 Å². The highest BCUT2D eigenvalue weighted by molar-refractivity contribution is 9.10. The van der Waals surface area contributed by atoms with Gasteiger partial charge in [0, 0.05) is 22.4 Å². The number of rotatable bonds is 5. The molecule has 110 valence electrons. The summed E-state index contributed by atoms with van der Waals surface area (Å²) >= 11 is 4.75. The zero-order valence-electron chi connectivity index (χ0n) is 11.3. The number of hydrogen-bond acceptors (Lipinski definition) is 5. The monoisotopic (exact) mass is 367 g/mol. The lowest BCUT2D eigenvalue weighted by molar-refractivity contribution is -0.113. The van der Waals surface area contributed by atoms with E-state index in [1.54, 1.807) is 24.4 Å². The minimum Gasteiger partial charge on any atom is -0.494 e. The number of amides is 1. The van der Waals surface area contributed by atoms with E-state index in [-0.39, 0.29) is 11.7 Å². The summed E-state index contributed by atoms with van der Waals surface area (Å²) in [6.07, 6.45) is 1.69. The fourth-order valence-corrected chi connectivity index (χ4v) is 2.89. The molecule has 0 atom stereocenters. The maximum Gasteiger partial charge on any atom is 0.234 e. The Kier molecular flexibility index (Phi) is 5.46. The van der Waals surface area contributed by atoms with Crippen LogP contribution in [0.25, 0.3) is 0 Å². The van der Waals surface area contributed by atoms with Gasteiger partial charge >= 0.3 is 0 Å². The van der Waals surface area contributed by atoms with Crippen LogP contribution < -0.4 is 15.8 Å². The van der Waals surface area contributed by atoms with E-state index < -0.39 is 0 Å². The Morgan fingerprint density at radius 1 is 1.48 bits per heavy atom. The van der Waals surface area contributed by atoms with Gasteiger partial charge in [-0.2, -0.15) is 0 Å². The van der Waals surface area contributed by atoms with Crippen molar-refractivity contribution in [1.82, 2.24) is 4.98 Å². The summed E-state index contributed by atoms with van der Waals surface area (Å²) in [5.41, 5.74) is 6.85. The van der Waals surface area contributed by atoms with Crippen molar-refractivity contribution in [2.45, 2.75) is 5.03 Å². The molecule has 1 amide bonds. The predicted octanol–water partition coefficient (Wildman–Crippen LogP) is 3.17. The molecule has 0 unspecified atom stereocenters. The Balaban J connectivity index is 1.98. The number of hydrogen-bond donors (Lipinski definition) is 2. The minimum absolute atomic E-state index is 0.138. The lowest BCUT2D eigenvalue weighted by Crippen LogP contribution is -2.15. The van der Waals surface area contributed by atoms with Gasteiger partial charge in [-0.1, -0.05) is 11.8 Å². The summed E-state index contributed by atoms with van der Waals surface area (Å²) in [4.78, 5) is 16.2. The van der Waals surface area contributed by atoms with Crippen LogP contribution in [-0.4, -0.2) is 23.8 Å². The average molecular weight is 368 g/mol. The molecule has 0 saturated heterocycles. The van der Waals surface area contributed by atoms with Crippen LogP contribution >= 0.6 is 27.7 Å². The lowest BCUT2D eigenvalue weighted by atomic mass is 10.2. The van der Waals surface area contributed by atoms with Crippen LogP contribution in [0.5, 0.6) is 5.75 Å². The number of anilines is 2. The third-order valence-electron chi connectivity index (χ3n) is 2.56. The third-order valence-corrected chi connectivity index (χ3v) is 4.47. The summed E-state index contributed by atoms with van der Waals surface area (Å²) in [6, 6.07) is 8.80. The molecule has 2 aromatic rings. The minimum atomic E-state index is -0.138. The molecule has 3 N–H and O–H groups in total. The molecular weight excluding hydrogens is 354 g/mol. The van der Waals surface area contributed by atoms with Crippen LogP contribution in [0.15, 0.2) is 46.0 Å². The molecule has 2 rings (SSSR count). The van der Waals surface area contributed by atoms with E-state index in [9.17, 15) is 4.79 Å². The number of nitrogens with zero attached hydrogens (tertiary/aromatic N) is 1. The molecule has 1 heterocycles. The van der Waals surface area contributed by atoms with Gasteiger partial charge in [0.1, 0.15) is 10.8 Å². The molecule has 21 heavy (non-hydrogen) atoms. The highest BCUT2D eigenvalue weighted by Crippen LogP contribution is 2.28. The number of carbonyl (C=O) groups is 1. The molecule has 0 fully saturated rings. The fourth-order valence-electron chi connectivity index (χ4n) is 1.61. The zero-order chi connectivity index (χ0) is 15.2. The number of nitrogens with one attached hydrogen (secondary N) is 1. The molecular formula is C14H14BrN3O2S. The summed E-state index contributed by atoms with van der Waals surface area (Å²) in [6.45, 7) is 0. The summed E-state index contributed by atoms with van der Waals surface area (Å²) in [5.74, 6) is 0.649. The van der Waals surface area contributed by atoms with Crippen LogP contribution in [0.2, 0.25) is 0 Å². The highest BCUT2D eigenvalue weighted by Gasteiger charge is 2.10. The zero-order valence-corrected chi connectivity index (χ0v) is 13.7. The fraction of sp³-hybridized carbons (Fsp3) is 0.143. The maximum atomic E-state index is 12.0. The average Bonchev–Trinajstić information content (AvgIpc) is 2.48. The number of ether oxygens (including phenoxy) is 1. The van der Waals surface area contributed by atoms with E-state index >= 15 is 0 Å². The third kappa shape index (κ3) is 4.37. The van der Waals surface area contributed by atoms with Crippen molar-refractivity contribution in [3.63, 3.8) is 0 Å². The van der Waals surface area contributed by atoms with Gasteiger partial charge in [-0.3, -0.25) is 4.79 Å². The Hall–Kier alpha value is -1.73. The van der Waals surface area contributed by atoms with Gasteiger partial charge in [-0.05, 0) is 40.2 Å². The van der Waals surface area contributed by atoms with Crippen molar-refractivity contribution < 1.29 is 9.53 Å². The Bertz CT molecular complexity index is 652. The molecule has 0 bridgehead atoms. The SMILES string of the molecule is COc1cc(N)ccc1NC(=O)CSc1ncccc1Br. The first kappa shape index (κ1) is 15.7. The molecule has 0 aliphatic carbocycles. The van der Waals surface area contributed by atoms with Gasteiger partial charge < -0.3 is 15.8 Å². The number of methoxy groups -OCH3 is 1. The molecule has 0 radical (unpaired) electrons. The summed E-state index contributed by atoms with van der Waals surface area (Å²) in [5, 5.41) is 3.57. The van der Waals surface area contributed by atoms with Gasteiger partial charge in [0.2, 0.25) is 5.91 Å². The van der Waals surface area contributed by atoms with Crippen molar-refractivity contribution in [3.8, 4) is 5.75 Å². The van der Waals surface area contributed by atoms with Crippen molar-refractivity contribution in [3.05, 3.63) is 41.0 Å². The van der Waals surface area contributed by atoms with Gasteiger partial charge in [-0.25, -0.2) is 4.98 Å². The van der Waals surface area contributed by atoms with E-state index in [1.807, 2.05) is 12.1 Å². The second kappa shape index (κ2) is 7.33. The van der Waals surface area contributed by atoms with Crippen LogP contribution in [-0.2, 0) is 4.79 Å². The van der Waals surface area contributed by atoms with Gasteiger partial charge in [0.15, 0.2) is 0 Å². The van der Waals surface area contributed by atoms with Gasteiger partial charge in [-0.15, -0.1) is 0 Å². The first-order valence-electron chi connectivity index (χ1n) is 6.07. The molecule has 1 aromatic heterocycles. The largest absolute Gasteiger partial charge is 0.494 e. The first-order valence-corrected chi connectivity index (χ1v) is 7.84. The number of benzene rings is 1. The molecule has 0 spiro atoms. The molecule has 1 aromatic carbocycles. The van der Waals surface area contributed by atoms with E-state index in [4.69, 9.17) is 10.5 Å². The van der Waals surface area contributed by atoms with Crippen molar-refractivity contribution in [1.29, 1.82) is 0 Å². The van der Waals surface area contributed by atoms with Gasteiger partial charge in [0.25, 0.3) is 0 Å². The van der Waals surface area contributed by atoms with Crippen molar-refractivity contribution in [2.24, 2.45) is 0 Å². The standard InChI is InChI=1S/C14H14BrN3O2S/c1-20-12-7-9(16)4-5-11(12)18-13(19)8-21-14-10(15)3-2-6-17-14/h2-7H,8,16H2,1H3,(H,18,19). The van der Waals surface area contributed by atoms with Crippen LogP contribution in [0.4, 0.5) is 11.4 Å². The number of halogens is 1. The Morgan fingerprint density at radius 2 is 2.29 bits per heavy atom. The normalized spacial score (nSPS) is 10.2. The van der Waals surface area contributed by atoms with Gasteiger partial charge in [0.05, 0.1) is 18.6 Å². The van der Waals surface area contributed by atoms with Crippen LogP contribution in [0.1, 0.15) is 0 Å². The topological polar surface area (TPSA) is 77.2 Å². The van der Waals surface area contributed by atoms with E-state index in [1.165, 1.54) is 18.9 Å². The highest BCUT2D eigenvalue weighted by atomic mass is 79.9. The molecule has 0 aliphatic heterocycles. The number of pyridine rings is 1. The Morgan fingerprint density at radius 3 is 3.00 bits per heavy atom. The predicted molar refractivity (Wildman–Crippen MR) is 88.7 cm³/mol. The van der Waals surface area contributed by atoms with E-state index in [2.05, 4.69) is 26.2 Å². The number of nitrogens with two attached hydrogens (primary N) is 1. The smallest absolute Gasteiger partial charge is 0.234 e. The van der Waals surface area contributed by atoms with E-state index in [0.717, 1.165) is 9.50 Å². The number of nitrogen functional groups attached to an aromatic ring is 1. The Labute approximate surface area is 135 Å². The number of thioether (sulfide) groups is 1. The van der Waals surface area contributed by atoms with Crippen LogP contribution in [0, 0.1) is 0 Å².